The summed E-state index contributed by atoms with van der Waals surface area (Å²) in [5.74, 6) is 0.438. The van der Waals surface area contributed by atoms with Gasteiger partial charge in [0.25, 0.3) is 5.91 Å². The summed E-state index contributed by atoms with van der Waals surface area (Å²) in [6.45, 7) is 2.13. The van der Waals surface area contributed by atoms with Gasteiger partial charge >= 0.3 is 0 Å². The van der Waals surface area contributed by atoms with E-state index in [1.54, 1.807) is 12.1 Å². The first-order valence-electron chi connectivity index (χ1n) is 9.78. The van der Waals surface area contributed by atoms with E-state index in [1.807, 2.05) is 36.4 Å². The highest BCUT2D eigenvalue weighted by atomic mass is 16.1. The summed E-state index contributed by atoms with van der Waals surface area (Å²) in [5.41, 5.74) is 4.64. The molecule has 0 aliphatic heterocycles. The van der Waals surface area contributed by atoms with Crippen LogP contribution in [0.25, 0.3) is 0 Å². The second kappa shape index (κ2) is 7.74. The molecule has 0 saturated heterocycles. The first kappa shape index (κ1) is 18.1. The number of rotatable bonds is 4. The minimum Gasteiger partial charge on any atom is -0.323 e. The summed E-state index contributed by atoms with van der Waals surface area (Å²) < 4.78 is 2.17. The Morgan fingerprint density at radius 3 is 2.36 bits per heavy atom. The predicted molar refractivity (Wildman–Crippen MR) is 110 cm³/mol. The van der Waals surface area contributed by atoms with E-state index in [2.05, 4.69) is 35.0 Å². The van der Waals surface area contributed by atoms with Gasteiger partial charge in [0.05, 0.1) is 11.6 Å². The van der Waals surface area contributed by atoms with Crippen LogP contribution >= 0.6 is 0 Å². The number of benzene rings is 2. The van der Waals surface area contributed by atoms with E-state index < -0.39 is 0 Å². The van der Waals surface area contributed by atoms with Gasteiger partial charge in [0, 0.05) is 11.3 Å². The standard InChI is InChI=1S/C24H23N3O/c1-17(18-10-4-2-5-11-18)27-22-15-9-8-14-20(22)21(16-25)23(27)26-24(28)19-12-6-3-7-13-19/h2-7,10-13,17H,8-9,14-15H2,1H3,(H,26,28)/t17-/m0/s1. The molecule has 1 heterocycles. The molecule has 3 aromatic rings. The van der Waals surface area contributed by atoms with Crippen LogP contribution in [0.2, 0.25) is 0 Å². The number of fused-ring (bicyclic) bond motifs is 1. The molecule has 4 heteroatoms. The number of carbonyl (C=O) groups is 1. The Balaban J connectivity index is 1.83. The fourth-order valence-electron chi connectivity index (χ4n) is 4.14. The van der Waals surface area contributed by atoms with Gasteiger partial charge in [-0.2, -0.15) is 5.26 Å². The molecule has 1 aromatic heterocycles. The molecule has 0 bridgehead atoms. The van der Waals surface area contributed by atoms with Crippen molar-refractivity contribution in [2.45, 2.75) is 38.6 Å². The Morgan fingerprint density at radius 2 is 1.68 bits per heavy atom. The molecule has 140 valence electrons. The van der Waals surface area contributed by atoms with Crippen molar-refractivity contribution in [3.05, 3.63) is 88.6 Å². The van der Waals surface area contributed by atoms with Crippen molar-refractivity contribution in [2.75, 3.05) is 5.32 Å². The van der Waals surface area contributed by atoms with Crippen molar-refractivity contribution < 1.29 is 4.79 Å². The number of nitrogens with one attached hydrogen (secondary N) is 1. The number of nitrogens with zero attached hydrogens (tertiary/aromatic N) is 2. The van der Waals surface area contributed by atoms with Crippen LogP contribution in [0.15, 0.2) is 60.7 Å². The Hall–Kier alpha value is -3.32. The topological polar surface area (TPSA) is 57.8 Å². The summed E-state index contributed by atoms with van der Waals surface area (Å²) in [6, 6.07) is 21.8. The van der Waals surface area contributed by atoms with Gasteiger partial charge < -0.3 is 9.88 Å². The number of hydrogen-bond acceptors (Lipinski definition) is 2. The van der Waals surface area contributed by atoms with Crippen molar-refractivity contribution in [3.63, 3.8) is 0 Å². The first-order chi connectivity index (χ1) is 13.7. The van der Waals surface area contributed by atoms with Crippen LogP contribution in [0.5, 0.6) is 0 Å². The summed E-state index contributed by atoms with van der Waals surface area (Å²) in [4.78, 5) is 12.9. The Labute approximate surface area is 165 Å². The van der Waals surface area contributed by atoms with Gasteiger partial charge in [0.2, 0.25) is 0 Å². The summed E-state index contributed by atoms with van der Waals surface area (Å²) in [6.07, 6.45) is 4.01. The zero-order chi connectivity index (χ0) is 19.5. The number of hydrogen-bond donors (Lipinski definition) is 1. The normalized spacial score (nSPS) is 14.0. The number of aromatic nitrogens is 1. The Bertz CT molecular complexity index is 1030. The lowest BCUT2D eigenvalue weighted by atomic mass is 9.95. The molecule has 0 spiro atoms. The van der Waals surface area contributed by atoms with Gasteiger partial charge in [0.15, 0.2) is 0 Å². The molecule has 0 saturated carbocycles. The van der Waals surface area contributed by atoms with Gasteiger partial charge in [0.1, 0.15) is 11.9 Å². The average Bonchev–Trinajstić information content (AvgIpc) is 3.07. The molecule has 0 unspecified atom stereocenters. The molecule has 1 aliphatic rings. The third-order valence-electron chi connectivity index (χ3n) is 5.56. The maximum absolute atomic E-state index is 12.9. The second-order valence-electron chi connectivity index (χ2n) is 7.24. The quantitative estimate of drug-likeness (QED) is 0.695. The minimum absolute atomic E-state index is 0.0289. The van der Waals surface area contributed by atoms with Gasteiger partial charge in [-0.1, -0.05) is 48.5 Å². The van der Waals surface area contributed by atoms with Gasteiger partial charge in [-0.15, -0.1) is 0 Å². The number of nitriles is 1. The second-order valence-corrected chi connectivity index (χ2v) is 7.24. The van der Waals surface area contributed by atoms with Crippen LogP contribution in [0, 0.1) is 11.3 Å². The van der Waals surface area contributed by atoms with Crippen molar-refractivity contribution >= 4 is 11.7 Å². The lowest BCUT2D eigenvalue weighted by molar-refractivity contribution is 0.102. The summed E-state index contributed by atoms with van der Waals surface area (Å²) in [7, 11) is 0. The van der Waals surface area contributed by atoms with E-state index in [-0.39, 0.29) is 11.9 Å². The van der Waals surface area contributed by atoms with Gasteiger partial charge in [-0.3, -0.25) is 4.79 Å². The van der Waals surface area contributed by atoms with E-state index in [9.17, 15) is 10.1 Å². The van der Waals surface area contributed by atoms with Crippen molar-refractivity contribution in [1.29, 1.82) is 5.26 Å². The number of carbonyl (C=O) groups excluding carboxylic acids is 1. The molecule has 2 aromatic carbocycles. The monoisotopic (exact) mass is 369 g/mol. The van der Waals surface area contributed by atoms with Crippen LogP contribution in [0.3, 0.4) is 0 Å². The minimum atomic E-state index is -0.187. The van der Waals surface area contributed by atoms with Gasteiger partial charge in [-0.25, -0.2) is 0 Å². The Morgan fingerprint density at radius 1 is 1.04 bits per heavy atom. The molecule has 1 amide bonds. The molecule has 4 rings (SSSR count). The zero-order valence-corrected chi connectivity index (χ0v) is 16.0. The van der Waals surface area contributed by atoms with Crippen molar-refractivity contribution in [2.24, 2.45) is 0 Å². The van der Waals surface area contributed by atoms with E-state index >= 15 is 0 Å². The summed E-state index contributed by atoms with van der Waals surface area (Å²) in [5, 5.41) is 13.0. The van der Waals surface area contributed by atoms with Crippen LogP contribution < -0.4 is 5.32 Å². The van der Waals surface area contributed by atoms with Crippen LogP contribution in [-0.4, -0.2) is 10.5 Å². The highest BCUT2D eigenvalue weighted by Gasteiger charge is 2.28. The van der Waals surface area contributed by atoms with Crippen molar-refractivity contribution in [1.82, 2.24) is 4.57 Å². The highest BCUT2D eigenvalue weighted by Crippen LogP contribution is 2.37. The van der Waals surface area contributed by atoms with Crippen LogP contribution in [0.4, 0.5) is 5.82 Å². The lowest BCUT2D eigenvalue weighted by Gasteiger charge is -2.23. The highest BCUT2D eigenvalue weighted by molar-refractivity contribution is 6.04. The number of amides is 1. The zero-order valence-electron chi connectivity index (χ0n) is 16.0. The molecule has 4 nitrogen and oxygen atoms in total. The number of anilines is 1. The van der Waals surface area contributed by atoms with E-state index in [1.165, 1.54) is 5.69 Å². The van der Waals surface area contributed by atoms with Gasteiger partial charge in [-0.05, 0) is 55.9 Å². The van der Waals surface area contributed by atoms with E-state index in [0.29, 0.717) is 16.9 Å². The maximum atomic E-state index is 12.9. The molecule has 0 radical (unpaired) electrons. The summed E-state index contributed by atoms with van der Waals surface area (Å²) >= 11 is 0. The third kappa shape index (κ3) is 3.20. The molecule has 1 N–H and O–H groups in total. The fraction of sp³-hybridized carbons (Fsp3) is 0.250. The SMILES string of the molecule is C[C@@H](c1ccccc1)n1c2c(c(C#N)c1NC(=O)c1ccccc1)CCCC2. The Kier molecular flexibility index (Phi) is 4.99. The van der Waals surface area contributed by atoms with Crippen molar-refractivity contribution in [3.8, 4) is 6.07 Å². The molecule has 1 atom stereocenters. The molecule has 1 aliphatic carbocycles. The third-order valence-corrected chi connectivity index (χ3v) is 5.56. The maximum Gasteiger partial charge on any atom is 0.256 e. The largest absolute Gasteiger partial charge is 0.323 e. The fourth-order valence-corrected chi connectivity index (χ4v) is 4.14. The lowest BCUT2D eigenvalue weighted by Crippen LogP contribution is -2.19. The van der Waals surface area contributed by atoms with Crippen LogP contribution in [-0.2, 0) is 12.8 Å². The smallest absolute Gasteiger partial charge is 0.256 e. The molecular weight excluding hydrogens is 346 g/mol. The molecule has 28 heavy (non-hydrogen) atoms. The van der Waals surface area contributed by atoms with E-state index in [4.69, 9.17) is 0 Å². The molecular formula is C24H23N3O. The average molecular weight is 369 g/mol. The first-order valence-corrected chi connectivity index (χ1v) is 9.78. The predicted octanol–water partition coefficient (Wildman–Crippen LogP) is 5.10. The van der Waals surface area contributed by atoms with E-state index in [0.717, 1.165) is 36.8 Å². The molecule has 0 fully saturated rings. The van der Waals surface area contributed by atoms with Crippen LogP contribution in [0.1, 0.15) is 58.5 Å².